The molecule has 2 rings (SSSR count). The molecule has 0 saturated carbocycles. The Bertz CT molecular complexity index is 331. The summed E-state index contributed by atoms with van der Waals surface area (Å²) in [5.41, 5.74) is 0.882. The Hall–Kier alpha value is -0.780. The minimum Gasteiger partial charge on any atom is -0.294 e. The molecule has 14 heavy (non-hydrogen) atoms. The quantitative estimate of drug-likeness (QED) is 0.753. The highest BCUT2D eigenvalue weighted by atomic mass is 32.2. The lowest BCUT2D eigenvalue weighted by molar-refractivity contribution is 0.378. The molecule has 1 saturated heterocycles. The summed E-state index contributed by atoms with van der Waals surface area (Å²) < 4.78 is 21.6. The summed E-state index contributed by atoms with van der Waals surface area (Å²) in [6.45, 7) is 0.671. The van der Waals surface area contributed by atoms with Gasteiger partial charge in [-0.3, -0.25) is 9.54 Å². The standard InChI is InChI=1S/C9H12N2O2S/c12-14(13)11-7-3-5-9(11)8-4-1-2-6-10-8/h1-2,4,6,9H,3,5,7H2,(H,12,13)/t9-/m1/s1. The Morgan fingerprint density at radius 1 is 1.57 bits per heavy atom. The highest BCUT2D eigenvalue weighted by Crippen LogP contribution is 2.30. The highest BCUT2D eigenvalue weighted by Gasteiger charge is 2.30. The van der Waals surface area contributed by atoms with Crippen molar-refractivity contribution >= 4 is 11.3 Å². The van der Waals surface area contributed by atoms with Crippen LogP contribution < -0.4 is 0 Å². The van der Waals surface area contributed by atoms with E-state index in [0.717, 1.165) is 18.5 Å². The molecule has 0 aromatic carbocycles. The second kappa shape index (κ2) is 4.16. The Morgan fingerprint density at radius 2 is 2.43 bits per heavy atom. The van der Waals surface area contributed by atoms with Crippen molar-refractivity contribution < 1.29 is 8.76 Å². The molecule has 0 spiro atoms. The molecule has 76 valence electrons. The van der Waals surface area contributed by atoms with Gasteiger partial charge in [-0.15, -0.1) is 0 Å². The van der Waals surface area contributed by atoms with E-state index in [4.69, 9.17) is 4.55 Å². The van der Waals surface area contributed by atoms with Gasteiger partial charge in [0.25, 0.3) is 0 Å². The number of pyridine rings is 1. The highest BCUT2D eigenvalue weighted by molar-refractivity contribution is 7.76. The molecule has 1 aromatic heterocycles. The number of aromatic nitrogens is 1. The zero-order valence-corrected chi connectivity index (χ0v) is 8.48. The summed E-state index contributed by atoms with van der Waals surface area (Å²) in [4.78, 5) is 4.21. The number of hydrogen-bond donors (Lipinski definition) is 1. The predicted molar refractivity (Wildman–Crippen MR) is 53.7 cm³/mol. The van der Waals surface area contributed by atoms with Crippen molar-refractivity contribution in [2.24, 2.45) is 0 Å². The summed E-state index contributed by atoms with van der Waals surface area (Å²) in [6.07, 6.45) is 3.57. The molecule has 1 N–H and O–H groups in total. The van der Waals surface area contributed by atoms with Crippen LogP contribution in [-0.2, 0) is 11.3 Å². The van der Waals surface area contributed by atoms with E-state index in [1.807, 2.05) is 18.2 Å². The van der Waals surface area contributed by atoms with Gasteiger partial charge in [-0.05, 0) is 25.0 Å². The van der Waals surface area contributed by atoms with Crippen molar-refractivity contribution in [3.05, 3.63) is 30.1 Å². The average Bonchev–Trinajstić information content (AvgIpc) is 2.67. The first-order valence-electron chi connectivity index (χ1n) is 4.57. The Labute approximate surface area is 85.4 Å². The van der Waals surface area contributed by atoms with Crippen LogP contribution in [0.25, 0.3) is 0 Å². The van der Waals surface area contributed by atoms with Crippen LogP contribution in [0.2, 0.25) is 0 Å². The molecule has 1 fully saturated rings. The minimum absolute atomic E-state index is 0.00188. The molecule has 1 aliphatic heterocycles. The molecular weight excluding hydrogens is 200 g/mol. The smallest absolute Gasteiger partial charge is 0.235 e. The Kier molecular flexibility index (Phi) is 2.90. The van der Waals surface area contributed by atoms with Gasteiger partial charge in [0.05, 0.1) is 11.7 Å². The van der Waals surface area contributed by atoms with Crippen LogP contribution in [0.3, 0.4) is 0 Å². The minimum atomic E-state index is -1.88. The van der Waals surface area contributed by atoms with Gasteiger partial charge in [0.15, 0.2) is 0 Å². The maximum absolute atomic E-state index is 11.0. The fourth-order valence-electron chi connectivity index (χ4n) is 1.80. The monoisotopic (exact) mass is 212 g/mol. The molecule has 4 nitrogen and oxygen atoms in total. The normalized spacial score (nSPS) is 25.1. The van der Waals surface area contributed by atoms with E-state index in [9.17, 15) is 4.21 Å². The van der Waals surface area contributed by atoms with Crippen LogP contribution in [0, 0.1) is 0 Å². The SMILES string of the molecule is O=S(O)N1CCC[C@@H]1c1ccccn1. The first kappa shape index (κ1) is 9.76. The average molecular weight is 212 g/mol. The van der Waals surface area contributed by atoms with Crippen molar-refractivity contribution in [2.75, 3.05) is 6.54 Å². The van der Waals surface area contributed by atoms with Crippen molar-refractivity contribution in [2.45, 2.75) is 18.9 Å². The predicted octanol–water partition coefficient (Wildman–Crippen LogP) is 1.36. The summed E-state index contributed by atoms with van der Waals surface area (Å²) in [6, 6.07) is 5.65. The van der Waals surface area contributed by atoms with Crippen LogP contribution in [0.15, 0.2) is 24.4 Å². The summed E-state index contributed by atoms with van der Waals surface area (Å²) >= 11 is -1.88. The van der Waals surface area contributed by atoms with Crippen LogP contribution in [-0.4, -0.2) is 24.6 Å². The van der Waals surface area contributed by atoms with Gasteiger partial charge in [0, 0.05) is 12.7 Å². The summed E-state index contributed by atoms with van der Waals surface area (Å²) in [5, 5.41) is 0. The molecule has 2 atom stereocenters. The van der Waals surface area contributed by atoms with Crippen LogP contribution in [0.5, 0.6) is 0 Å². The first-order valence-corrected chi connectivity index (χ1v) is 5.64. The molecule has 5 heteroatoms. The van der Waals surface area contributed by atoms with E-state index >= 15 is 0 Å². The van der Waals surface area contributed by atoms with E-state index in [1.54, 1.807) is 10.5 Å². The van der Waals surface area contributed by atoms with Crippen LogP contribution in [0.1, 0.15) is 24.6 Å². The molecule has 0 aliphatic carbocycles. The van der Waals surface area contributed by atoms with Gasteiger partial charge in [0.2, 0.25) is 11.3 Å². The lowest BCUT2D eigenvalue weighted by Gasteiger charge is -2.18. The lowest BCUT2D eigenvalue weighted by Crippen LogP contribution is -2.25. The van der Waals surface area contributed by atoms with Crippen molar-refractivity contribution in [1.29, 1.82) is 0 Å². The van der Waals surface area contributed by atoms with Gasteiger partial charge < -0.3 is 0 Å². The molecule has 0 bridgehead atoms. The van der Waals surface area contributed by atoms with E-state index < -0.39 is 11.3 Å². The zero-order chi connectivity index (χ0) is 9.97. The molecule has 0 amide bonds. The summed E-state index contributed by atoms with van der Waals surface area (Å²) in [5.74, 6) is 0. The van der Waals surface area contributed by atoms with Gasteiger partial charge in [0.1, 0.15) is 0 Å². The van der Waals surface area contributed by atoms with Gasteiger partial charge in [-0.2, -0.15) is 4.31 Å². The van der Waals surface area contributed by atoms with E-state index in [-0.39, 0.29) is 6.04 Å². The second-order valence-electron chi connectivity index (χ2n) is 3.28. The first-order chi connectivity index (χ1) is 6.79. The van der Waals surface area contributed by atoms with Crippen LogP contribution >= 0.6 is 0 Å². The number of nitrogens with zero attached hydrogens (tertiary/aromatic N) is 2. The Balaban J connectivity index is 2.22. The fraction of sp³-hybridized carbons (Fsp3) is 0.444. The fourth-order valence-corrected chi connectivity index (χ4v) is 2.51. The lowest BCUT2D eigenvalue weighted by atomic mass is 10.1. The van der Waals surface area contributed by atoms with Crippen LogP contribution in [0.4, 0.5) is 0 Å². The van der Waals surface area contributed by atoms with E-state index in [2.05, 4.69) is 4.98 Å². The zero-order valence-electron chi connectivity index (χ0n) is 7.67. The molecule has 0 radical (unpaired) electrons. The van der Waals surface area contributed by atoms with E-state index in [1.165, 1.54) is 0 Å². The maximum Gasteiger partial charge on any atom is 0.235 e. The van der Waals surface area contributed by atoms with Crippen molar-refractivity contribution in [1.82, 2.24) is 9.29 Å². The topological polar surface area (TPSA) is 53.4 Å². The second-order valence-corrected chi connectivity index (χ2v) is 4.21. The summed E-state index contributed by atoms with van der Waals surface area (Å²) in [7, 11) is 0. The third kappa shape index (κ3) is 1.84. The van der Waals surface area contributed by atoms with E-state index in [0.29, 0.717) is 6.54 Å². The van der Waals surface area contributed by atoms with Crippen molar-refractivity contribution in [3.63, 3.8) is 0 Å². The van der Waals surface area contributed by atoms with Gasteiger partial charge in [-0.1, -0.05) is 6.07 Å². The van der Waals surface area contributed by atoms with Gasteiger partial charge in [-0.25, -0.2) is 4.21 Å². The number of rotatable bonds is 2. The molecule has 2 heterocycles. The molecule has 1 aliphatic rings. The third-order valence-corrected chi connectivity index (χ3v) is 3.27. The molecule has 1 aromatic rings. The number of hydrogen-bond acceptors (Lipinski definition) is 2. The van der Waals surface area contributed by atoms with Crippen molar-refractivity contribution in [3.8, 4) is 0 Å². The maximum atomic E-state index is 11.0. The molecular formula is C9H12N2O2S. The van der Waals surface area contributed by atoms with Gasteiger partial charge >= 0.3 is 0 Å². The largest absolute Gasteiger partial charge is 0.294 e. The third-order valence-electron chi connectivity index (χ3n) is 2.43. The molecule has 1 unspecified atom stereocenters. The Morgan fingerprint density at radius 3 is 3.07 bits per heavy atom.